The molecule has 0 saturated heterocycles. The van der Waals surface area contributed by atoms with Gasteiger partial charge in [-0.05, 0) is 31.5 Å². The number of nitrogens with two attached hydrogens (primary N) is 1. The molecule has 0 heterocycles. The topological polar surface area (TPSA) is 81.4 Å². The molecule has 0 aliphatic rings. The maximum Gasteiger partial charge on any atom is 0.242 e. The van der Waals surface area contributed by atoms with E-state index >= 15 is 0 Å². The first kappa shape index (κ1) is 14.0. The van der Waals surface area contributed by atoms with Gasteiger partial charge in [-0.3, -0.25) is 0 Å². The Hall–Kier alpha value is -1.11. The van der Waals surface area contributed by atoms with Crippen molar-refractivity contribution in [1.29, 1.82) is 0 Å². The van der Waals surface area contributed by atoms with E-state index in [-0.39, 0.29) is 16.6 Å². The van der Waals surface area contributed by atoms with E-state index in [0.717, 1.165) is 5.56 Å². The van der Waals surface area contributed by atoms with E-state index in [9.17, 15) is 8.42 Å². The second kappa shape index (κ2) is 5.48. The Bertz CT molecular complexity index is 485. The van der Waals surface area contributed by atoms with Crippen LogP contribution in [0, 0.1) is 6.92 Å². The summed E-state index contributed by atoms with van der Waals surface area (Å²) in [6.45, 7) is 3.89. The molecular weight excluding hydrogens is 240 g/mol. The maximum atomic E-state index is 12.0. The fourth-order valence-corrected chi connectivity index (χ4v) is 2.87. The van der Waals surface area contributed by atoms with Gasteiger partial charge in [-0.2, -0.15) is 0 Å². The van der Waals surface area contributed by atoms with E-state index in [1.807, 2.05) is 6.92 Å². The largest absolute Gasteiger partial charge is 0.398 e. The summed E-state index contributed by atoms with van der Waals surface area (Å²) in [5.74, 6) is 0. The molecule has 0 aromatic heterocycles. The summed E-state index contributed by atoms with van der Waals surface area (Å²) in [6.07, 6.45) is 0. The zero-order chi connectivity index (χ0) is 13.1. The number of benzene rings is 1. The second-order valence-corrected chi connectivity index (χ2v) is 5.70. The standard InChI is InChI=1S/C11H18N2O3S/c1-8-4-5-11(10(12)6-8)17(14,15)13-9(2)7-16-3/h4-6,9,13H,7,12H2,1-3H3. The summed E-state index contributed by atoms with van der Waals surface area (Å²) < 4.78 is 31.4. The van der Waals surface area contributed by atoms with Gasteiger partial charge in [0.2, 0.25) is 10.0 Å². The molecule has 0 bridgehead atoms. The molecule has 3 N–H and O–H groups in total. The van der Waals surface area contributed by atoms with Gasteiger partial charge in [0, 0.05) is 13.2 Å². The van der Waals surface area contributed by atoms with Gasteiger partial charge in [0.1, 0.15) is 4.90 Å². The highest BCUT2D eigenvalue weighted by atomic mass is 32.2. The minimum absolute atomic E-state index is 0.103. The van der Waals surface area contributed by atoms with Gasteiger partial charge < -0.3 is 10.5 Å². The number of nitrogens with one attached hydrogen (secondary N) is 1. The van der Waals surface area contributed by atoms with Crippen molar-refractivity contribution in [2.75, 3.05) is 19.5 Å². The Morgan fingerprint density at radius 2 is 2.12 bits per heavy atom. The van der Waals surface area contributed by atoms with Crippen LogP contribution in [0.15, 0.2) is 23.1 Å². The van der Waals surface area contributed by atoms with Crippen LogP contribution in [-0.2, 0) is 14.8 Å². The Labute approximate surface area is 102 Å². The molecule has 0 radical (unpaired) electrons. The number of rotatable bonds is 5. The minimum atomic E-state index is -3.58. The van der Waals surface area contributed by atoms with Gasteiger partial charge in [-0.25, -0.2) is 13.1 Å². The molecule has 1 atom stereocenters. The summed E-state index contributed by atoms with van der Waals surface area (Å²) in [7, 11) is -2.07. The molecule has 0 spiro atoms. The highest BCUT2D eigenvalue weighted by Gasteiger charge is 2.19. The fourth-order valence-electron chi connectivity index (χ4n) is 1.52. The quantitative estimate of drug-likeness (QED) is 0.769. The molecule has 0 saturated carbocycles. The smallest absolute Gasteiger partial charge is 0.242 e. The maximum absolute atomic E-state index is 12.0. The Morgan fingerprint density at radius 1 is 1.47 bits per heavy atom. The first-order chi connectivity index (χ1) is 7.86. The molecule has 0 aliphatic carbocycles. The third kappa shape index (κ3) is 3.69. The van der Waals surface area contributed by atoms with Crippen molar-refractivity contribution in [2.45, 2.75) is 24.8 Å². The SMILES string of the molecule is COCC(C)NS(=O)(=O)c1ccc(C)cc1N. The first-order valence-electron chi connectivity index (χ1n) is 5.24. The molecule has 5 nitrogen and oxygen atoms in total. The molecule has 1 aromatic rings. The van der Waals surface area contributed by atoms with E-state index in [2.05, 4.69) is 4.72 Å². The van der Waals surface area contributed by atoms with Crippen LogP contribution >= 0.6 is 0 Å². The van der Waals surface area contributed by atoms with E-state index in [4.69, 9.17) is 10.5 Å². The number of aryl methyl sites for hydroxylation is 1. The molecule has 0 aliphatic heterocycles. The Kier molecular flexibility index (Phi) is 4.50. The lowest BCUT2D eigenvalue weighted by Crippen LogP contribution is -2.35. The van der Waals surface area contributed by atoms with Crippen molar-refractivity contribution in [2.24, 2.45) is 0 Å². The van der Waals surface area contributed by atoms with Crippen LogP contribution < -0.4 is 10.5 Å². The van der Waals surface area contributed by atoms with E-state index < -0.39 is 10.0 Å². The average molecular weight is 258 g/mol. The molecule has 1 unspecified atom stereocenters. The summed E-state index contributed by atoms with van der Waals surface area (Å²) in [5, 5.41) is 0. The van der Waals surface area contributed by atoms with Gasteiger partial charge in [0.15, 0.2) is 0 Å². The number of sulfonamides is 1. The monoisotopic (exact) mass is 258 g/mol. The Balaban J connectivity index is 2.97. The van der Waals surface area contributed by atoms with Gasteiger partial charge in [0.05, 0.1) is 12.3 Å². The van der Waals surface area contributed by atoms with Crippen molar-refractivity contribution in [1.82, 2.24) is 4.72 Å². The summed E-state index contributed by atoms with van der Waals surface area (Å²) in [4.78, 5) is 0.103. The lowest BCUT2D eigenvalue weighted by molar-refractivity contribution is 0.180. The van der Waals surface area contributed by atoms with Crippen LogP contribution in [0.2, 0.25) is 0 Å². The lowest BCUT2D eigenvalue weighted by Gasteiger charge is -2.14. The molecule has 17 heavy (non-hydrogen) atoms. The third-order valence-electron chi connectivity index (χ3n) is 2.23. The molecule has 0 amide bonds. The highest BCUT2D eigenvalue weighted by molar-refractivity contribution is 7.89. The summed E-state index contributed by atoms with van der Waals surface area (Å²) in [5.41, 5.74) is 6.88. The molecule has 0 fully saturated rings. The predicted octanol–water partition coefficient (Wildman–Crippen LogP) is 0.890. The van der Waals surface area contributed by atoms with Crippen LogP contribution in [0.5, 0.6) is 0 Å². The van der Waals surface area contributed by atoms with Crippen LogP contribution in [0.3, 0.4) is 0 Å². The molecule has 6 heteroatoms. The van der Waals surface area contributed by atoms with E-state index in [1.165, 1.54) is 13.2 Å². The van der Waals surface area contributed by atoms with Gasteiger partial charge in [0.25, 0.3) is 0 Å². The number of anilines is 1. The van der Waals surface area contributed by atoms with Crippen LogP contribution in [-0.4, -0.2) is 28.2 Å². The Morgan fingerprint density at radius 3 is 2.65 bits per heavy atom. The van der Waals surface area contributed by atoms with E-state index in [0.29, 0.717) is 6.61 Å². The normalized spacial score (nSPS) is 13.6. The number of hydrogen-bond acceptors (Lipinski definition) is 4. The predicted molar refractivity (Wildman–Crippen MR) is 67.3 cm³/mol. The average Bonchev–Trinajstić information content (AvgIpc) is 2.15. The summed E-state index contributed by atoms with van der Waals surface area (Å²) >= 11 is 0. The van der Waals surface area contributed by atoms with Gasteiger partial charge in [-0.15, -0.1) is 0 Å². The van der Waals surface area contributed by atoms with Crippen LogP contribution in [0.25, 0.3) is 0 Å². The van der Waals surface area contributed by atoms with Crippen LogP contribution in [0.4, 0.5) is 5.69 Å². The highest BCUT2D eigenvalue weighted by Crippen LogP contribution is 2.19. The van der Waals surface area contributed by atoms with Crippen LogP contribution in [0.1, 0.15) is 12.5 Å². The molecule has 96 valence electrons. The zero-order valence-corrected chi connectivity index (χ0v) is 11.0. The molecule has 1 rings (SSSR count). The van der Waals surface area contributed by atoms with Crippen molar-refractivity contribution < 1.29 is 13.2 Å². The van der Waals surface area contributed by atoms with Gasteiger partial charge in [-0.1, -0.05) is 6.07 Å². The number of ether oxygens (including phenoxy) is 1. The number of methoxy groups -OCH3 is 1. The van der Waals surface area contributed by atoms with E-state index in [1.54, 1.807) is 19.1 Å². The first-order valence-corrected chi connectivity index (χ1v) is 6.72. The molecule has 1 aromatic carbocycles. The van der Waals surface area contributed by atoms with Crippen molar-refractivity contribution >= 4 is 15.7 Å². The second-order valence-electron chi connectivity index (χ2n) is 4.02. The van der Waals surface area contributed by atoms with Crippen molar-refractivity contribution in [3.8, 4) is 0 Å². The third-order valence-corrected chi connectivity index (χ3v) is 3.89. The van der Waals surface area contributed by atoms with Crippen molar-refractivity contribution in [3.05, 3.63) is 23.8 Å². The minimum Gasteiger partial charge on any atom is -0.398 e. The summed E-state index contributed by atoms with van der Waals surface area (Å²) in [6, 6.07) is 4.55. The molecular formula is C11H18N2O3S. The number of hydrogen-bond donors (Lipinski definition) is 2. The van der Waals surface area contributed by atoms with Crippen molar-refractivity contribution in [3.63, 3.8) is 0 Å². The lowest BCUT2D eigenvalue weighted by atomic mass is 10.2. The number of nitrogen functional groups attached to an aromatic ring is 1. The fraction of sp³-hybridized carbons (Fsp3) is 0.455. The van der Waals surface area contributed by atoms with Gasteiger partial charge >= 0.3 is 0 Å². The zero-order valence-electron chi connectivity index (χ0n) is 10.2.